The van der Waals surface area contributed by atoms with Crippen LogP contribution in [0.4, 0.5) is 0 Å². The summed E-state index contributed by atoms with van der Waals surface area (Å²) in [5.41, 5.74) is 0.484. The molecule has 4 atom stereocenters. The van der Waals surface area contributed by atoms with Crippen LogP contribution in [0.2, 0.25) is 0 Å². The number of likely N-dealkylation sites (N-methyl/N-ethyl adjacent to an activating group) is 1. The Bertz CT molecular complexity index is 968. The van der Waals surface area contributed by atoms with Crippen LogP contribution in [0.5, 0.6) is 5.75 Å². The molecule has 0 aliphatic carbocycles. The molecule has 1 aromatic rings. The van der Waals surface area contributed by atoms with Gasteiger partial charge in [0.05, 0.1) is 13.2 Å². The van der Waals surface area contributed by atoms with Crippen LogP contribution in [0.25, 0.3) is 0 Å². The second-order valence-corrected chi connectivity index (χ2v) is 9.91. The third kappa shape index (κ3) is 6.21. The molecule has 2 N–H and O–H groups in total. The van der Waals surface area contributed by atoms with Gasteiger partial charge in [0, 0.05) is 38.2 Å². The molecular formula is C22H32N2O7S. The maximum Gasteiger partial charge on any atom is 0.248 e. The number of sulfonamides is 1. The van der Waals surface area contributed by atoms with Crippen molar-refractivity contribution < 1.29 is 32.9 Å². The summed E-state index contributed by atoms with van der Waals surface area (Å²) in [5.74, 6) is 5.01. The molecule has 9 nitrogen and oxygen atoms in total. The number of nitrogens with zero attached hydrogens (tertiary/aromatic N) is 2. The normalized spacial score (nSPS) is 22.2. The third-order valence-corrected chi connectivity index (χ3v) is 7.26. The zero-order valence-corrected chi connectivity index (χ0v) is 19.9. The van der Waals surface area contributed by atoms with Crippen molar-refractivity contribution in [3.63, 3.8) is 0 Å². The SMILES string of the molecule is COCC(=O)N(C)C[C@@H]1Oc2cc(C#C[C@@H](C)O)ccc2S(=O)(=O)N([C@H](C)CO)C[C@@H]1C. The highest BCUT2D eigenvalue weighted by Gasteiger charge is 2.38. The summed E-state index contributed by atoms with van der Waals surface area (Å²) in [7, 11) is -0.894. The van der Waals surface area contributed by atoms with Crippen LogP contribution < -0.4 is 4.74 Å². The molecule has 32 heavy (non-hydrogen) atoms. The van der Waals surface area contributed by atoms with Crippen LogP contribution in [0, 0.1) is 17.8 Å². The Kier molecular flexibility index (Phi) is 9.07. The second-order valence-electron chi connectivity index (χ2n) is 8.05. The number of carbonyl (C=O) groups is 1. The van der Waals surface area contributed by atoms with E-state index in [4.69, 9.17) is 9.47 Å². The fourth-order valence-corrected chi connectivity index (χ4v) is 5.14. The standard InChI is InChI=1S/C22H32N2O7S/c1-15-11-24(16(2)13-25)32(28,29)21-9-8-18(7-6-17(3)26)10-19(21)31-20(15)12-23(4)22(27)14-30-5/h8-10,15-17,20,25-26H,11-14H2,1-5H3/t15-,16+,17+,20-/m0/s1. The molecule has 1 aromatic carbocycles. The first-order chi connectivity index (χ1) is 15.0. The molecule has 0 saturated heterocycles. The van der Waals surface area contributed by atoms with Gasteiger partial charge in [0.25, 0.3) is 0 Å². The minimum atomic E-state index is -3.96. The van der Waals surface area contributed by atoms with Gasteiger partial charge in [-0.1, -0.05) is 18.8 Å². The van der Waals surface area contributed by atoms with E-state index in [2.05, 4.69) is 11.8 Å². The van der Waals surface area contributed by atoms with Crippen molar-refractivity contribution in [3.05, 3.63) is 23.8 Å². The predicted molar refractivity (Wildman–Crippen MR) is 119 cm³/mol. The average molecular weight is 469 g/mol. The highest BCUT2D eigenvalue weighted by atomic mass is 32.2. The van der Waals surface area contributed by atoms with Crippen LogP contribution in [0.1, 0.15) is 26.3 Å². The summed E-state index contributed by atoms with van der Waals surface area (Å²) >= 11 is 0. The van der Waals surface area contributed by atoms with E-state index in [1.807, 2.05) is 6.92 Å². The number of methoxy groups -OCH3 is 1. The van der Waals surface area contributed by atoms with Crippen molar-refractivity contribution in [2.45, 2.75) is 43.9 Å². The van der Waals surface area contributed by atoms with Crippen molar-refractivity contribution in [2.24, 2.45) is 5.92 Å². The van der Waals surface area contributed by atoms with E-state index in [0.717, 1.165) is 0 Å². The molecule has 2 rings (SSSR count). The Morgan fingerprint density at radius 1 is 1.41 bits per heavy atom. The van der Waals surface area contributed by atoms with Crippen molar-refractivity contribution in [2.75, 3.05) is 40.5 Å². The fourth-order valence-electron chi connectivity index (χ4n) is 3.31. The van der Waals surface area contributed by atoms with Crippen LogP contribution in [0.3, 0.4) is 0 Å². The summed E-state index contributed by atoms with van der Waals surface area (Å²) in [5, 5.41) is 19.1. The first kappa shape index (κ1) is 26.1. The molecule has 1 aliphatic heterocycles. The summed E-state index contributed by atoms with van der Waals surface area (Å²) < 4.78 is 39.1. The van der Waals surface area contributed by atoms with Gasteiger partial charge in [-0.3, -0.25) is 4.79 Å². The van der Waals surface area contributed by atoms with Crippen LogP contribution >= 0.6 is 0 Å². The number of amides is 1. The molecule has 178 valence electrons. The Morgan fingerprint density at radius 2 is 2.09 bits per heavy atom. The van der Waals surface area contributed by atoms with Gasteiger partial charge in [0.2, 0.25) is 15.9 Å². The van der Waals surface area contributed by atoms with Crippen molar-refractivity contribution in [1.82, 2.24) is 9.21 Å². The third-order valence-electron chi connectivity index (χ3n) is 5.24. The van der Waals surface area contributed by atoms with Crippen LogP contribution in [-0.4, -0.2) is 92.5 Å². The Hall–Kier alpha value is -2.16. The summed E-state index contributed by atoms with van der Waals surface area (Å²) in [6, 6.07) is 3.84. The van der Waals surface area contributed by atoms with E-state index in [-0.39, 0.29) is 48.8 Å². The minimum Gasteiger partial charge on any atom is -0.487 e. The average Bonchev–Trinajstić information content (AvgIpc) is 2.74. The van der Waals surface area contributed by atoms with Gasteiger partial charge in [-0.15, -0.1) is 0 Å². The monoisotopic (exact) mass is 468 g/mol. The molecule has 0 bridgehead atoms. The number of fused-ring (bicyclic) bond motifs is 1. The molecule has 1 heterocycles. The number of rotatable bonds is 6. The van der Waals surface area contributed by atoms with Gasteiger partial charge >= 0.3 is 0 Å². The maximum atomic E-state index is 13.4. The first-order valence-corrected chi connectivity index (χ1v) is 11.8. The minimum absolute atomic E-state index is 0.0387. The summed E-state index contributed by atoms with van der Waals surface area (Å²) in [6.07, 6.45) is -1.36. The second kappa shape index (κ2) is 11.1. The Morgan fingerprint density at radius 3 is 2.69 bits per heavy atom. The number of carbonyl (C=O) groups excluding carboxylic acids is 1. The van der Waals surface area contributed by atoms with Gasteiger partial charge in [0.1, 0.15) is 29.5 Å². The number of aliphatic hydroxyl groups excluding tert-OH is 2. The van der Waals surface area contributed by atoms with E-state index in [9.17, 15) is 23.4 Å². The summed E-state index contributed by atoms with van der Waals surface area (Å²) in [6.45, 7) is 4.93. The Balaban J connectivity index is 2.55. The van der Waals surface area contributed by atoms with Crippen molar-refractivity contribution >= 4 is 15.9 Å². The predicted octanol–water partition coefficient (Wildman–Crippen LogP) is 0.292. The molecule has 0 fully saturated rings. The molecule has 1 amide bonds. The fraction of sp³-hybridized carbons (Fsp3) is 0.591. The Labute approximate surface area is 190 Å². The largest absolute Gasteiger partial charge is 0.487 e. The van der Waals surface area contributed by atoms with Gasteiger partial charge in [-0.2, -0.15) is 4.31 Å². The van der Waals surface area contributed by atoms with Crippen LogP contribution in [-0.2, 0) is 19.6 Å². The van der Waals surface area contributed by atoms with Crippen molar-refractivity contribution in [3.8, 4) is 17.6 Å². The summed E-state index contributed by atoms with van der Waals surface area (Å²) in [4.78, 5) is 13.7. The lowest BCUT2D eigenvalue weighted by molar-refractivity contribution is -0.135. The maximum absolute atomic E-state index is 13.4. The van der Waals surface area contributed by atoms with Crippen molar-refractivity contribution in [1.29, 1.82) is 0 Å². The molecule has 0 aromatic heterocycles. The molecule has 0 unspecified atom stereocenters. The van der Waals surface area contributed by atoms with Gasteiger partial charge in [-0.05, 0) is 32.0 Å². The zero-order valence-electron chi connectivity index (χ0n) is 19.1. The number of aliphatic hydroxyl groups is 2. The van der Waals surface area contributed by atoms with Gasteiger partial charge < -0.3 is 24.6 Å². The van der Waals surface area contributed by atoms with Gasteiger partial charge in [0.15, 0.2) is 0 Å². The molecular weight excluding hydrogens is 436 g/mol. The number of hydrogen-bond acceptors (Lipinski definition) is 7. The molecule has 0 saturated carbocycles. The van der Waals surface area contributed by atoms with E-state index in [1.165, 1.54) is 35.4 Å². The number of hydrogen-bond donors (Lipinski definition) is 2. The van der Waals surface area contributed by atoms with E-state index >= 15 is 0 Å². The van der Waals surface area contributed by atoms with E-state index < -0.39 is 28.3 Å². The topological polar surface area (TPSA) is 117 Å². The lowest BCUT2D eigenvalue weighted by atomic mass is 10.0. The van der Waals surface area contributed by atoms with E-state index in [1.54, 1.807) is 20.0 Å². The highest BCUT2D eigenvalue weighted by molar-refractivity contribution is 7.89. The quantitative estimate of drug-likeness (QED) is 0.577. The molecule has 0 radical (unpaired) electrons. The highest BCUT2D eigenvalue weighted by Crippen LogP contribution is 2.34. The number of benzene rings is 1. The first-order valence-electron chi connectivity index (χ1n) is 10.4. The van der Waals surface area contributed by atoms with Gasteiger partial charge in [-0.25, -0.2) is 8.42 Å². The zero-order chi connectivity index (χ0) is 24.1. The van der Waals surface area contributed by atoms with Crippen LogP contribution in [0.15, 0.2) is 23.1 Å². The van der Waals surface area contributed by atoms with E-state index in [0.29, 0.717) is 5.56 Å². The lowest BCUT2D eigenvalue weighted by Gasteiger charge is -2.37. The molecule has 10 heteroatoms. The molecule has 1 aliphatic rings. The smallest absolute Gasteiger partial charge is 0.248 e. The number of ether oxygens (including phenoxy) is 2. The lowest BCUT2D eigenvalue weighted by Crippen LogP contribution is -2.50. The molecule has 0 spiro atoms.